The molecule has 2 aromatic rings. The first-order valence-electron chi connectivity index (χ1n) is 10.0. The average molecular weight is 343 g/mol. The van der Waals surface area contributed by atoms with Crippen LogP contribution in [-0.2, 0) is 12.8 Å². The van der Waals surface area contributed by atoms with E-state index in [0.717, 1.165) is 29.4 Å². The van der Waals surface area contributed by atoms with Crippen molar-refractivity contribution in [2.24, 2.45) is 11.8 Å². The Morgan fingerprint density at radius 1 is 0.846 bits per heavy atom. The smallest absolute Gasteiger partial charge is 0.0249 e. The molecule has 2 aromatic carbocycles. The summed E-state index contributed by atoms with van der Waals surface area (Å²) < 4.78 is 0. The fraction of sp³-hybridized carbons (Fsp3) is 0.385. The zero-order valence-corrected chi connectivity index (χ0v) is 16.0. The predicted octanol–water partition coefficient (Wildman–Crippen LogP) is 6.57. The van der Waals surface area contributed by atoms with Gasteiger partial charge in [-0.05, 0) is 66.5 Å². The van der Waals surface area contributed by atoms with E-state index in [4.69, 9.17) is 0 Å². The van der Waals surface area contributed by atoms with E-state index >= 15 is 0 Å². The molecule has 134 valence electrons. The van der Waals surface area contributed by atoms with Crippen LogP contribution < -0.4 is 0 Å². The zero-order chi connectivity index (χ0) is 18.2. The molecule has 0 bridgehead atoms. The molecule has 0 atom stereocenters. The van der Waals surface area contributed by atoms with Crippen LogP contribution in [0.1, 0.15) is 61.3 Å². The van der Waals surface area contributed by atoms with E-state index in [1.807, 2.05) is 6.08 Å². The van der Waals surface area contributed by atoms with Gasteiger partial charge < -0.3 is 0 Å². The summed E-state index contributed by atoms with van der Waals surface area (Å²) in [6, 6.07) is 17.3. The van der Waals surface area contributed by atoms with Gasteiger partial charge in [-0.2, -0.15) is 0 Å². The molecule has 1 aliphatic carbocycles. The van der Waals surface area contributed by atoms with Crippen LogP contribution in [0.4, 0.5) is 0 Å². The third kappa shape index (κ3) is 5.63. The summed E-state index contributed by atoms with van der Waals surface area (Å²) >= 11 is 0. The summed E-state index contributed by atoms with van der Waals surface area (Å²) in [5, 5.41) is 0. The van der Waals surface area contributed by atoms with Gasteiger partial charge in [0.05, 0.1) is 0 Å². The van der Waals surface area contributed by atoms with Crippen molar-refractivity contribution in [2.75, 3.05) is 0 Å². The van der Waals surface area contributed by atoms with Crippen LogP contribution in [0.2, 0.25) is 0 Å². The Labute approximate surface area is 159 Å². The zero-order valence-electron chi connectivity index (χ0n) is 16.0. The SMILES string of the molecule is C=CCc1ccc(C#Cc2ccc(CCC3CCC(C)CC3)cc2)cc1. The van der Waals surface area contributed by atoms with Crippen LogP contribution in [0.3, 0.4) is 0 Å². The highest BCUT2D eigenvalue weighted by atomic mass is 14.2. The minimum Gasteiger partial charge on any atom is -0.103 e. The standard InChI is InChI=1S/C26H30/c1-3-4-22-9-11-24(12-10-22)15-16-26-19-17-25(18-20-26)14-13-23-7-5-21(2)6-8-23/h3,9-12,17-21,23H,1,4-8,13-14H2,2H3. The lowest BCUT2D eigenvalue weighted by molar-refractivity contribution is 0.278. The van der Waals surface area contributed by atoms with Crippen LogP contribution in [0, 0.1) is 23.7 Å². The van der Waals surface area contributed by atoms with E-state index in [1.165, 1.54) is 49.7 Å². The lowest BCUT2D eigenvalue weighted by Crippen LogP contribution is -2.12. The predicted molar refractivity (Wildman–Crippen MR) is 112 cm³/mol. The van der Waals surface area contributed by atoms with E-state index in [1.54, 1.807) is 0 Å². The van der Waals surface area contributed by atoms with Crippen LogP contribution in [0.25, 0.3) is 0 Å². The molecule has 1 fully saturated rings. The van der Waals surface area contributed by atoms with E-state index in [0.29, 0.717) is 0 Å². The van der Waals surface area contributed by atoms with Gasteiger partial charge in [-0.3, -0.25) is 0 Å². The Kier molecular flexibility index (Phi) is 6.73. The molecule has 0 saturated heterocycles. The monoisotopic (exact) mass is 342 g/mol. The summed E-state index contributed by atoms with van der Waals surface area (Å²) in [4.78, 5) is 0. The van der Waals surface area contributed by atoms with Crippen molar-refractivity contribution < 1.29 is 0 Å². The first-order valence-corrected chi connectivity index (χ1v) is 10.0. The van der Waals surface area contributed by atoms with E-state index in [2.05, 4.69) is 73.9 Å². The van der Waals surface area contributed by atoms with Crippen molar-refractivity contribution in [2.45, 2.75) is 51.9 Å². The van der Waals surface area contributed by atoms with Gasteiger partial charge in [-0.25, -0.2) is 0 Å². The fourth-order valence-electron chi connectivity index (χ4n) is 3.78. The summed E-state index contributed by atoms with van der Waals surface area (Å²) in [5.41, 5.74) is 4.88. The molecule has 0 spiro atoms. The van der Waals surface area contributed by atoms with Gasteiger partial charge in [-0.1, -0.05) is 74.8 Å². The molecule has 0 heterocycles. The number of aryl methyl sites for hydroxylation is 1. The number of allylic oxidation sites excluding steroid dienone is 1. The van der Waals surface area contributed by atoms with E-state index in [9.17, 15) is 0 Å². The second-order valence-corrected chi connectivity index (χ2v) is 7.80. The Bertz CT molecular complexity index is 744. The van der Waals surface area contributed by atoms with Crippen molar-refractivity contribution in [3.05, 3.63) is 83.4 Å². The molecular formula is C26H30. The molecule has 1 saturated carbocycles. The van der Waals surface area contributed by atoms with Crippen LogP contribution in [0.15, 0.2) is 61.2 Å². The maximum Gasteiger partial charge on any atom is 0.0249 e. The third-order valence-corrected chi connectivity index (χ3v) is 5.62. The molecule has 0 radical (unpaired) electrons. The topological polar surface area (TPSA) is 0 Å². The van der Waals surface area contributed by atoms with Crippen LogP contribution >= 0.6 is 0 Å². The number of hydrogen-bond donors (Lipinski definition) is 0. The molecule has 0 heteroatoms. The van der Waals surface area contributed by atoms with Crippen molar-refractivity contribution in [1.82, 2.24) is 0 Å². The van der Waals surface area contributed by atoms with Gasteiger partial charge in [0.2, 0.25) is 0 Å². The quantitative estimate of drug-likeness (QED) is 0.425. The van der Waals surface area contributed by atoms with Crippen molar-refractivity contribution in [1.29, 1.82) is 0 Å². The minimum absolute atomic E-state index is 0.912. The number of hydrogen-bond acceptors (Lipinski definition) is 0. The van der Waals surface area contributed by atoms with Gasteiger partial charge in [0.1, 0.15) is 0 Å². The highest BCUT2D eigenvalue weighted by Gasteiger charge is 2.17. The Morgan fingerprint density at radius 3 is 1.92 bits per heavy atom. The third-order valence-electron chi connectivity index (χ3n) is 5.62. The molecule has 0 unspecified atom stereocenters. The lowest BCUT2D eigenvalue weighted by atomic mass is 9.80. The van der Waals surface area contributed by atoms with Gasteiger partial charge in [0.15, 0.2) is 0 Å². The molecule has 0 aromatic heterocycles. The fourth-order valence-corrected chi connectivity index (χ4v) is 3.78. The summed E-state index contributed by atoms with van der Waals surface area (Å²) in [6.07, 6.45) is 11.1. The average Bonchev–Trinajstić information content (AvgIpc) is 2.68. The van der Waals surface area contributed by atoms with Gasteiger partial charge >= 0.3 is 0 Å². The molecule has 26 heavy (non-hydrogen) atoms. The summed E-state index contributed by atoms with van der Waals surface area (Å²) in [6.45, 7) is 6.17. The molecule has 0 N–H and O–H groups in total. The Balaban J connectivity index is 1.52. The van der Waals surface area contributed by atoms with Crippen molar-refractivity contribution in [3.8, 4) is 11.8 Å². The first kappa shape index (κ1) is 18.5. The van der Waals surface area contributed by atoms with Crippen molar-refractivity contribution >= 4 is 0 Å². The summed E-state index contributed by atoms with van der Waals surface area (Å²) in [5.74, 6) is 8.43. The highest BCUT2D eigenvalue weighted by Crippen LogP contribution is 2.31. The molecule has 0 aliphatic heterocycles. The molecule has 1 aliphatic rings. The molecule has 0 nitrogen and oxygen atoms in total. The minimum atomic E-state index is 0.912. The summed E-state index contributed by atoms with van der Waals surface area (Å²) in [7, 11) is 0. The first-order chi connectivity index (χ1) is 12.7. The number of rotatable bonds is 5. The normalized spacial score (nSPS) is 19.4. The Hall–Kier alpha value is -2.26. The van der Waals surface area contributed by atoms with Crippen LogP contribution in [0.5, 0.6) is 0 Å². The van der Waals surface area contributed by atoms with Crippen molar-refractivity contribution in [3.63, 3.8) is 0 Å². The maximum absolute atomic E-state index is 3.78. The van der Waals surface area contributed by atoms with Gasteiger partial charge in [0, 0.05) is 11.1 Å². The molecular weight excluding hydrogens is 312 g/mol. The Morgan fingerprint density at radius 2 is 1.38 bits per heavy atom. The second kappa shape index (κ2) is 9.44. The lowest BCUT2D eigenvalue weighted by Gasteiger charge is -2.26. The number of benzene rings is 2. The van der Waals surface area contributed by atoms with Crippen LogP contribution in [-0.4, -0.2) is 0 Å². The van der Waals surface area contributed by atoms with E-state index in [-0.39, 0.29) is 0 Å². The molecule has 3 rings (SSSR count). The van der Waals surface area contributed by atoms with Gasteiger partial charge in [-0.15, -0.1) is 6.58 Å². The highest BCUT2D eigenvalue weighted by molar-refractivity contribution is 5.44. The molecule has 0 amide bonds. The van der Waals surface area contributed by atoms with E-state index < -0.39 is 0 Å². The largest absolute Gasteiger partial charge is 0.103 e. The second-order valence-electron chi connectivity index (χ2n) is 7.80. The maximum atomic E-state index is 3.78. The van der Waals surface area contributed by atoms with Gasteiger partial charge in [0.25, 0.3) is 0 Å².